The highest BCUT2D eigenvalue weighted by Gasteiger charge is 2.15. The van der Waals surface area contributed by atoms with Crippen molar-refractivity contribution in [3.05, 3.63) is 41.5 Å². The van der Waals surface area contributed by atoms with Gasteiger partial charge in [-0.25, -0.2) is 0 Å². The lowest BCUT2D eigenvalue weighted by molar-refractivity contribution is -0.118. The summed E-state index contributed by atoms with van der Waals surface area (Å²) in [7, 11) is 0. The van der Waals surface area contributed by atoms with E-state index in [4.69, 9.17) is 0 Å². The van der Waals surface area contributed by atoms with Crippen LogP contribution in [0.3, 0.4) is 0 Å². The van der Waals surface area contributed by atoms with E-state index in [2.05, 4.69) is 25.4 Å². The van der Waals surface area contributed by atoms with Crippen LogP contribution in [0.2, 0.25) is 0 Å². The molecule has 1 aromatic heterocycles. The zero-order valence-corrected chi connectivity index (χ0v) is 16.3. The van der Waals surface area contributed by atoms with E-state index in [0.29, 0.717) is 6.54 Å². The second-order valence-corrected chi connectivity index (χ2v) is 7.67. The zero-order valence-electron chi connectivity index (χ0n) is 15.5. The first-order chi connectivity index (χ1) is 13.1. The van der Waals surface area contributed by atoms with Crippen molar-refractivity contribution in [1.82, 2.24) is 20.1 Å². The van der Waals surface area contributed by atoms with Gasteiger partial charge >= 0.3 is 0 Å². The topological polar surface area (TPSA) is 88.9 Å². The molecule has 0 fully saturated rings. The minimum Gasteiger partial charge on any atom is -0.348 e. The second-order valence-electron chi connectivity index (χ2n) is 6.68. The number of rotatable bonds is 7. The van der Waals surface area contributed by atoms with Gasteiger partial charge in [0, 0.05) is 18.7 Å². The van der Waals surface area contributed by atoms with E-state index in [1.54, 1.807) is 0 Å². The fraction of sp³-hybridized carbons (Fsp3) is 0.474. The summed E-state index contributed by atoms with van der Waals surface area (Å²) in [4.78, 5) is 24.0. The average Bonchev–Trinajstić information content (AvgIpc) is 2.86. The van der Waals surface area contributed by atoms with Crippen molar-refractivity contribution in [2.75, 3.05) is 16.8 Å². The number of aromatic nitrogens is 3. The van der Waals surface area contributed by atoms with E-state index < -0.39 is 0 Å². The Kier molecular flexibility index (Phi) is 6.86. The molecule has 0 aliphatic carbocycles. The summed E-state index contributed by atoms with van der Waals surface area (Å²) in [5.41, 5.74) is 1.86. The van der Waals surface area contributed by atoms with Crippen LogP contribution < -0.4 is 10.6 Å². The fourth-order valence-corrected chi connectivity index (χ4v) is 3.71. The number of nitrogens with one attached hydrogen (secondary N) is 2. The molecule has 2 amide bonds. The Balaban J connectivity index is 1.37. The van der Waals surface area contributed by atoms with Gasteiger partial charge in [0.2, 0.25) is 11.8 Å². The number of carbonyl (C=O) groups is 2. The number of amides is 2. The molecule has 0 bridgehead atoms. The largest absolute Gasteiger partial charge is 0.348 e. The minimum atomic E-state index is -0.110. The van der Waals surface area contributed by atoms with Crippen LogP contribution in [0.5, 0.6) is 0 Å². The Hall–Kier alpha value is -2.35. The molecule has 0 unspecified atom stereocenters. The number of hydrogen-bond acceptors (Lipinski definition) is 5. The first kappa shape index (κ1) is 19.4. The van der Waals surface area contributed by atoms with Gasteiger partial charge in [-0.1, -0.05) is 18.6 Å². The molecule has 144 valence electrons. The smallest absolute Gasteiger partial charge is 0.234 e. The maximum atomic E-state index is 12.0. The fourth-order valence-electron chi connectivity index (χ4n) is 3.06. The maximum absolute atomic E-state index is 12.0. The third-order valence-corrected chi connectivity index (χ3v) is 5.33. The van der Waals surface area contributed by atoms with Gasteiger partial charge in [0.15, 0.2) is 5.82 Å². The van der Waals surface area contributed by atoms with Gasteiger partial charge < -0.3 is 15.2 Å². The summed E-state index contributed by atoms with van der Waals surface area (Å²) in [6.07, 6.45) is 4.42. The van der Waals surface area contributed by atoms with Crippen molar-refractivity contribution in [3.8, 4) is 0 Å². The number of thioether (sulfide) groups is 1. The summed E-state index contributed by atoms with van der Waals surface area (Å²) in [6.45, 7) is 3.27. The molecule has 0 radical (unpaired) electrons. The molecule has 0 saturated carbocycles. The van der Waals surface area contributed by atoms with E-state index in [1.807, 2.05) is 31.2 Å². The standard InChI is InChI=1S/C19H25N5O2S/c1-14-6-5-7-15(10-14)21-19(26)13-27-12-18(25)20-11-17-23-22-16-8-3-2-4-9-24(16)17/h5-7,10H,2-4,8-9,11-13H2,1H3,(H,20,25)(H,21,26). The number of anilines is 1. The van der Waals surface area contributed by atoms with Gasteiger partial charge in [-0.2, -0.15) is 0 Å². The van der Waals surface area contributed by atoms with E-state index in [9.17, 15) is 9.59 Å². The first-order valence-corrected chi connectivity index (χ1v) is 10.4. The van der Waals surface area contributed by atoms with Crippen molar-refractivity contribution in [1.29, 1.82) is 0 Å². The van der Waals surface area contributed by atoms with Crippen molar-refractivity contribution in [2.24, 2.45) is 0 Å². The molecule has 0 atom stereocenters. The summed E-state index contributed by atoms with van der Waals surface area (Å²) >= 11 is 1.30. The van der Waals surface area contributed by atoms with Crippen molar-refractivity contribution < 1.29 is 9.59 Å². The average molecular weight is 388 g/mol. The Morgan fingerprint density at radius 3 is 2.85 bits per heavy atom. The molecule has 2 N–H and O–H groups in total. The van der Waals surface area contributed by atoms with E-state index in [0.717, 1.165) is 48.7 Å². The molecule has 8 heteroatoms. The summed E-state index contributed by atoms with van der Waals surface area (Å²) < 4.78 is 2.12. The molecule has 2 aromatic rings. The lowest BCUT2D eigenvalue weighted by atomic mass is 10.2. The van der Waals surface area contributed by atoms with Crippen LogP contribution in [0.15, 0.2) is 24.3 Å². The molecule has 1 aliphatic rings. The molecule has 0 spiro atoms. The number of benzene rings is 1. The van der Waals surface area contributed by atoms with Crippen LogP contribution in [0.1, 0.15) is 36.5 Å². The highest BCUT2D eigenvalue weighted by atomic mass is 32.2. The van der Waals surface area contributed by atoms with Crippen LogP contribution in [-0.2, 0) is 29.1 Å². The van der Waals surface area contributed by atoms with Gasteiger partial charge in [-0.15, -0.1) is 22.0 Å². The highest BCUT2D eigenvalue weighted by molar-refractivity contribution is 8.00. The second kappa shape index (κ2) is 9.55. The lowest BCUT2D eigenvalue weighted by Crippen LogP contribution is -2.27. The van der Waals surface area contributed by atoms with Gasteiger partial charge in [-0.3, -0.25) is 9.59 Å². The lowest BCUT2D eigenvalue weighted by Gasteiger charge is -2.08. The van der Waals surface area contributed by atoms with Crippen LogP contribution in [-0.4, -0.2) is 38.1 Å². The Labute approximate surface area is 163 Å². The van der Waals surface area contributed by atoms with Crippen molar-refractivity contribution in [2.45, 2.75) is 45.7 Å². The molecule has 1 aromatic carbocycles. The van der Waals surface area contributed by atoms with Crippen molar-refractivity contribution in [3.63, 3.8) is 0 Å². The number of carbonyl (C=O) groups excluding carboxylic acids is 2. The number of aryl methyl sites for hydroxylation is 2. The normalized spacial score (nSPS) is 13.5. The first-order valence-electron chi connectivity index (χ1n) is 9.24. The molecule has 2 heterocycles. The number of fused-ring (bicyclic) bond motifs is 1. The number of nitrogens with zero attached hydrogens (tertiary/aromatic N) is 3. The van der Waals surface area contributed by atoms with E-state index in [1.165, 1.54) is 18.2 Å². The molecule has 27 heavy (non-hydrogen) atoms. The third-order valence-electron chi connectivity index (χ3n) is 4.40. The molecule has 7 nitrogen and oxygen atoms in total. The highest BCUT2D eigenvalue weighted by Crippen LogP contribution is 2.14. The molecular formula is C19H25N5O2S. The third kappa shape index (κ3) is 5.82. The summed E-state index contributed by atoms with van der Waals surface area (Å²) in [5, 5.41) is 14.1. The predicted molar refractivity (Wildman–Crippen MR) is 107 cm³/mol. The minimum absolute atomic E-state index is 0.102. The van der Waals surface area contributed by atoms with E-state index >= 15 is 0 Å². The Morgan fingerprint density at radius 1 is 1.15 bits per heavy atom. The molecule has 3 rings (SSSR count). The molecular weight excluding hydrogens is 362 g/mol. The Bertz CT molecular complexity index is 805. The van der Waals surface area contributed by atoms with Crippen LogP contribution >= 0.6 is 11.8 Å². The van der Waals surface area contributed by atoms with Crippen LogP contribution in [0.25, 0.3) is 0 Å². The summed E-state index contributed by atoms with van der Waals surface area (Å²) in [5.74, 6) is 2.08. The predicted octanol–water partition coefficient (Wildman–Crippen LogP) is 2.30. The van der Waals surface area contributed by atoms with Crippen molar-refractivity contribution >= 4 is 29.3 Å². The quantitative estimate of drug-likeness (QED) is 0.761. The van der Waals surface area contributed by atoms with Crippen LogP contribution in [0, 0.1) is 6.92 Å². The van der Waals surface area contributed by atoms with E-state index in [-0.39, 0.29) is 23.3 Å². The summed E-state index contributed by atoms with van der Waals surface area (Å²) in [6, 6.07) is 7.64. The monoisotopic (exact) mass is 387 g/mol. The van der Waals surface area contributed by atoms with Gasteiger partial charge in [0.05, 0.1) is 18.1 Å². The Morgan fingerprint density at radius 2 is 2.00 bits per heavy atom. The van der Waals surface area contributed by atoms with Gasteiger partial charge in [-0.05, 0) is 37.5 Å². The van der Waals surface area contributed by atoms with Gasteiger partial charge in [0.25, 0.3) is 0 Å². The van der Waals surface area contributed by atoms with Crippen LogP contribution in [0.4, 0.5) is 5.69 Å². The molecule has 1 aliphatic heterocycles. The SMILES string of the molecule is Cc1cccc(NC(=O)CSCC(=O)NCc2nnc3n2CCCCC3)c1. The number of hydrogen-bond donors (Lipinski definition) is 2. The maximum Gasteiger partial charge on any atom is 0.234 e. The molecule has 0 saturated heterocycles. The zero-order chi connectivity index (χ0) is 19.1. The van der Waals surface area contributed by atoms with Gasteiger partial charge in [0.1, 0.15) is 5.82 Å².